The Labute approximate surface area is 229 Å². The van der Waals surface area contributed by atoms with Crippen molar-refractivity contribution in [3.63, 3.8) is 0 Å². The fraction of sp³-hybridized carbons (Fsp3) is 0.556. The zero-order valence-corrected chi connectivity index (χ0v) is 23.5. The summed E-state index contributed by atoms with van der Waals surface area (Å²) in [6, 6.07) is 7.62. The fourth-order valence-corrected chi connectivity index (χ4v) is 4.29. The lowest BCUT2D eigenvalue weighted by Gasteiger charge is -2.28. The molecule has 5 atom stereocenters. The largest absolute Gasteiger partial charge is 0.467 e. The predicted molar refractivity (Wildman–Crippen MR) is 148 cm³/mol. The zero-order valence-electron chi connectivity index (χ0n) is 22.6. The van der Waals surface area contributed by atoms with Crippen molar-refractivity contribution in [3.05, 3.63) is 54.1 Å². The van der Waals surface area contributed by atoms with Crippen LogP contribution in [0.5, 0.6) is 0 Å². The Hall–Kier alpha value is -2.89. The van der Waals surface area contributed by atoms with Gasteiger partial charge in [0.05, 0.1) is 32.1 Å². The number of thioether (sulfide) groups is 1. The van der Waals surface area contributed by atoms with Crippen LogP contribution in [0, 0.1) is 5.92 Å². The summed E-state index contributed by atoms with van der Waals surface area (Å²) in [6.45, 7) is 4.14. The highest BCUT2D eigenvalue weighted by molar-refractivity contribution is 7.98. The van der Waals surface area contributed by atoms with E-state index >= 15 is 0 Å². The minimum atomic E-state index is -0.874. The summed E-state index contributed by atoms with van der Waals surface area (Å²) < 4.78 is 11.0. The van der Waals surface area contributed by atoms with Crippen molar-refractivity contribution in [1.29, 1.82) is 0 Å². The van der Waals surface area contributed by atoms with Crippen molar-refractivity contribution in [2.45, 2.75) is 63.8 Å². The number of aromatic nitrogens is 2. The van der Waals surface area contributed by atoms with Crippen LogP contribution in [0.25, 0.3) is 0 Å². The van der Waals surface area contributed by atoms with Crippen LogP contribution in [0.4, 0.5) is 0 Å². The number of nitrogens with one attached hydrogen (secondary N) is 3. The first-order valence-electron chi connectivity index (χ1n) is 12.8. The number of aromatic amines is 1. The average molecular weight is 548 g/mol. The standard InChI is InChI=1S/C27H41N5O5S/c1-5-18(2)23(32-25(33)21(28)14-20-15-29-17-30-20)16-37-24(13-19-9-7-6-8-10-19)26(34)31-22(11-12-38-4)27(35)36-3/h6-10,15,17-18,21-24H,5,11-14,16,28H2,1-4H3,(H,29,30)(H,31,34)(H,32,33)/t18?,21-,22-,23?,24-/m0/s1. The van der Waals surface area contributed by atoms with Crippen LogP contribution < -0.4 is 16.4 Å². The molecule has 10 nitrogen and oxygen atoms in total. The first-order chi connectivity index (χ1) is 18.3. The first kappa shape index (κ1) is 31.3. The lowest BCUT2D eigenvalue weighted by atomic mass is 9.99. The molecule has 0 saturated carbocycles. The summed E-state index contributed by atoms with van der Waals surface area (Å²) in [5, 5.41) is 5.81. The van der Waals surface area contributed by atoms with Gasteiger partial charge in [0.1, 0.15) is 12.1 Å². The Morgan fingerprint density at radius 1 is 1.13 bits per heavy atom. The van der Waals surface area contributed by atoms with Crippen LogP contribution in [0.15, 0.2) is 42.9 Å². The quantitative estimate of drug-likeness (QED) is 0.219. The number of methoxy groups -OCH3 is 1. The van der Waals surface area contributed by atoms with E-state index in [1.165, 1.54) is 7.11 Å². The van der Waals surface area contributed by atoms with Crippen LogP contribution in [-0.2, 0) is 36.7 Å². The number of hydrogen-bond donors (Lipinski definition) is 4. The molecule has 11 heteroatoms. The molecule has 210 valence electrons. The highest BCUT2D eigenvalue weighted by atomic mass is 32.2. The SMILES string of the molecule is CCC(C)C(CO[C@@H](Cc1ccccc1)C(=O)N[C@@H](CCSC)C(=O)OC)NC(=O)[C@@H](N)Cc1cnc[nH]1. The van der Waals surface area contributed by atoms with Gasteiger partial charge in [-0.05, 0) is 29.9 Å². The maximum atomic E-state index is 13.3. The molecule has 2 rings (SSSR count). The van der Waals surface area contributed by atoms with E-state index in [-0.39, 0.29) is 24.5 Å². The minimum absolute atomic E-state index is 0.0723. The summed E-state index contributed by atoms with van der Waals surface area (Å²) in [6.07, 6.45) is 6.10. The first-order valence-corrected chi connectivity index (χ1v) is 14.2. The highest BCUT2D eigenvalue weighted by Crippen LogP contribution is 2.13. The Morgan fingerprint density at radius 3 is 2.47 bits per heavy atom. The van der Waals surface area contributed by atoms with Gasteiger partial charge in [-0.1, -0.05) is 50.6 Å². The van der Waals surface area contributed by atoms with Crippen molar-refractivity contribution < 1.29 is 23.9 Å². The number of carbonyl (C=O) groups excluding carboxylic acids is 3. The molecule has 0 aliphatic heterocycles. The minimum Gasteiger partial charge on any atom is -0.467 e. The van der Waals surface area contributed by atoms with Gasteiger partial charge in [-0.2, -0.15) is 11.8 Å². The van der Waals surface area contributed by atoms with Crippen LogP contribution in [0.3, 0.4) is 0 Å². The third-order valence-corrected chi connectivity index (χ3v) is 7.08. The van der Waals surface area contributed by atoms with E-state index in [1.807, 2.05) is 50.4 Å². The summed E-state index contributed by atoms with van der Waals surface area (Å²) in [7, 11) is 1.30. The molecule has 2 unspecified atom stereocenters. The molecule has 1 aromatic carbocycles. The maximum absolute atomic E-state index is 13.3. The number of imidazole rings is 1. The number of esters is 1. The topological polar surface area (TPSA) is 148 Å². The van der Waals surface area contributed by atoms with Crippen molar-refractivity contribution in [1.82, 2.24) is 20.6 Å². The number of rotatable bonds is 17. The molecule has 0 bridgehead atoms. The number of H-pyrrole nitrogens is 1. The molecule has 0 fully saturated rings. The van der Waals surface area contributed by atoms with E-state index in [9.17, 15) is 14.4 Å². The second-order valence-corrected chi connectivity index (χ2v) is 10.3. The Kier molecular flexibility index (Phi) is 13.9. The van der Waals surface area contributed by atoms with E-state index < -0.39 is 30.1 Å². The molecular formula is C27H41N5O5S. The third kappa shape index (κ3) is 10.5. The van der Waals surface area contributed by atoms with Crippen LogP contribution in [-0.4, -0.2) is 77.7 Å². The van der Waals surface area contributed by atoms with Crippen molar-refractivity contribution in [2.75, 3.05) is 25.7 Å². The molecular weight excluding hydrogens is 506 g/mol. The zero-order chi connectivity index (χ0) is 27.9. The highest BCUT2D eigenvalue weighted by Gasteiger charge is 2.29. The molecule has 5 N–H and O–H groups in total. The molecule has 38 heavy (non-hydrogen) atoms. The average Bonchev–Trinajstić information content (AvgIpc) is 3.44. The Balaban J connectivity index is 2.13. The smallest absolute Gasteiger partial charge is 0.328 e. The summed E-state index contributed by atoms with van der Waals surface area (Å²) >= 11 is 1.58. The molecule has 0 saturated heterocycles. The van der Waals surface area contributed by atoms with E-state index in [2.05, 4.69) is 20.6 Å². The number of carbonyl (C=O) groups is 3. The molecule has 0 radical (unpaired) electrons. The number of hydrogen-bond acceptors (Lipinski definition) is 8. The van der Waals surface area contributed by atoms with Crippen molar-refractivity contribution in [2.24, 2.45) is 11.7 Å². The van der Waals surface area contributed by atoms with Crippen LogP contribution >= 0.6 is 11.8 Å². The number of nitrogens with zero attached hydrogens (tertiary/aromatic N) is 1. The van der Waals surface area contributed by atoms with Crippen molar-refractivity contribution in [3.8, 4) is 0 Å². The van der Waals surface area contributed by atoms with Gasteiger partial charge in [-0.15, -0.1) is 0 Å². The van der Waals surface area contributed by atoms with Gasteiger partial charge >= 0.3 is 5.97 Å². The molecule has 1 aromatic heterocycles. The fourth-order valence-electron chi connectivity index (χ4n) is 3.82. The summed E-state index contributed by atoms with van der Waals surface area (Å²) in [5.41, 5.74) is 7.81. The monoisotopic (exact) mass is 547 g/mol. The van der Waals surface area contributed by atoms with Gasteiger partial charge in [-0.3, -0.25) is 9.59 Å². The van der Waals surface area contributed by atoms with Gasteiger partial charge < -0.3 is 30.8 Å². The normalized spacial score (nSPS) is 15.1. The number of amides is 2. The van der Waals surface area contributed by atoms with Gasteiger partial charge in [-0.25, -0.2) is 9.78 Å². The molecule has 0 aliphatic carbocycles. The molecule has 0 spiro atoms. The van der Waals surface area contributed by atoms with E-state index in [0.29, 0.717) is 25.0 Å². The van der Waals surface area contributed by atoms with Gasteiger partial charge in [0.15, 0.2) is 0 Å². The van der Waals surface area contributed by atoms with Gasteiger partial charge in [0.25, 0.3) is 0 Å². The van der Waals surface area contributed by atoms with E-state index in [1.54, 1.807) is 24.3 Å². The lowest BCUT2D eigenvalue weighted by Crippen LogP contribution is -2.52. The number of nitrogens with two attached hydrogens (primary N) is 1. The second kappa shape index (κ2) is 16.8. The predicted octanol–water partition coefficient (Wildman–Crippen LogP) is 1.85. The molecule has 0 aliphatic rings. The number of benzene rings is 1. The molecule has 1 heterocycles. The third-order valence-electron chi connectivity index (χ3n) is 6.44. The van der Waals surface area contributed by atoms with Crippen molar-refractivity contribution >= 4 is 29.5 Å². The summed E-state index contributed by atoms with van der Waals surface area (Å²) in [4.78, 5) is 45.4. The van der Waals surface area contributed by atoms with Gasteiger partial charge in [0, 0.05) is 24.7 Å². The molecule has 2 amide bonds. The van der Waals surface area contributed by atoms with Gasteiger partial charge in [0.2, 0.25) is 11.8 Å². The Morgan fingerprint density at radius 2 is 1.87 bits per heavy atom. The van der Waals surface area contributed by atoms with Crippen LogP contribution in [0.1, 0.15) is 37.9 Å². The Bertz CT molecular complexity index is 976. The second-order valence-electron chi connectivity index (χ2n) is 9.27. The summed E-state index contributed by atoms with van der Waals surface area (Å²) in [5.74, 6) is -0.452. The van der Waals surface area contributed by atoms with E-state index in [0.717, 1.165) is 17.7 Å². The lowest BCUT2D eigenvalue weighted by molar-refractivity contribution is -0.147. The number of ether oxygens (including phenoxy) is 2. The maximum Gasteiger partial charge on any atom is 0.328 e. The van der Waals surface area contributed by atoms with E-state index in [4.69, 9.17) is 15.2 Å². The molecule has 2 aromatic rings. The van der Waals surface area contributed by atoms with Crippen LogP contribution in [0.2, 0.25) is 0 Å².